The van der Waals surface area contributed by atoms with Crippen molar-refractivity contribution in [1.29, 1.82) is 0 Å². The SMILES string of the molecule is COC(=O)[CH-]Br.[Li+]. The summed E-state index contributed by atoms with van der Waals surface area (Å²) in [6, 6.07) is 0. The normalized spacial score (nSPS) is 6.00. The average molecular weight is 159 g/mol. The van der Waals surface area contributed by atoms with Crippen LogP contribution in [0.5, 0.6) is 0 Å². The van der Waals surface area contributed by atoms with E-state index in [0.717, 1.165) is 0 Å². The predicted molar refractivity (Wildman–Crippen MR) is 25.2 cm³/mol. The fourth-order valence-corrected chi connectivity index (χ4v) is 0.231. The molecule has 0 aliphatic carbocycles. The van der Waals surface area contributed by atoms with Gasteiger partial charge in [0.15, 0.2) is 5.97 Å². The molecule has 0 saturated carbocycles. The summed E-state index contributed by atoms with van der Waals surface area (Å²) in [5, 5.41) is 1.17. The number of carbonyl (C=O) groups is 1. The van der Waals surface area contributed by atoms with Crippen LogP contribution in [0.25, 0.3) is 0 Å². The first-order chi connectivity index (χ1) is 2.81. The summed E-state index contributed by atoms with van der Waals surface area (Å²) in [5.74, 6) is -0.366. The van der Waals surface area contributed by atoms with Gasteiger partial charge in [-0.1, -0.05) is 0 Å². The fourth-order valence-electron chi connectivity index (χ4n) is 0.0445. The molecule has 0 spiro atoms. The van der Waals surface area contributed by atoms with E-state index in [1.54, 1.807) is 0 Å². The van der Waals surface area contributed by atoms with Crippen LogP contribution in [-0.4, -0.2) is 13.1 Å². The van der Waals surface area contributed by atoms with Crippen LogP contribution >= 0.6 is 15.9 Å². The van der Waals surface area contributed by atoms with Gasteiger partial charge in [0.05, 0.1) is 7.11 Å². The van der Waals surface area contributed by atoms with Gasteiger partial charge in [-0.3, -0.25) is 20.7 Å². The monoisotopic (exact) mass is 158 g/mol. The number of rotatable bonds is 1. The first-order valence-electron chi connectivity index (χ1n) is 1.32. The van der Waals surface area contributed by atoms with E-state index in [0.29, 0.717) is 0 Å². The van der Waals surface area contributed by atoms with E-state index in [9.17, 15) is 4.79 Å². The third-order valence-corrected chi connectivity index (χ3v) is 0.664. The minimum atomic E-state index is -0.366. The van der Waals surface area contributed by atoms with E-state index >= 15 is 0 Å². The van der Waals surface area contributed by atoms with Crippen LogP contribution in [0.3, 0.4) is 0 Å². The molecule has 0 atom stereocenters. The molecular formula is C3H4BrLiO2. The minimum absolute atomic E-state index is 0. The van der Waals surface area contributed by atoms with Crippen molar-refractivity contribution in [1.82, 2.24) is 0 Å². The molecule has 0 saturated heterocycles. The van der Waals surface area contributed by atoms with Crippen molar-refractivity contribution < 1.29 is 28.4 Å². The Bertz CT molecular complexity index is 50.9. The number of ether oxygens (including phenoxy) is 1. The zero-order valence-corrected chi connectivity index (χ0v) is 5.86. The molecule has 0 fully saturated rings. The van der Waals surface area contributed by atoms with Gasteiger partial charge in [0.25, 0.3) is 0 Å². The van der Waals surface area contributed by atoms with Crippen LogP contribution in [0.1, 0.15) is 0 Å². The Balaban J connectivity index is 0. The summed E-state index contributed by atoms with van der Waals surface area (Å²) < 4.78 is 4.16. The Morgan fingerprint density at radius 2 is 2.29 bits per heavy atom. The number of methoxy groups -OCH3 is 1. The molecule has 7 heavy (non-hydrogen) atoms. The maximum atomic E-state index is 9.86. The molecule has 0 aromatic rings. The van der Waals surface area contributed by atoms with E-state index in [-0.39, 0.29) is 24.8 Å². The summed E-state index contributed by atoms with van der Waals surface area (Å²) in [6.45, 7) is 0. The molecule has 4 heteroatoms. The van der Waals surface area contributed by atoms with Crippen molar-refractivity contribution >= 4 is 21.9 Å². The predicted octanol–water partition coefficient (Wildman–Crippen LogP) is -2.28. The molecule has 36 valence electrons. The molecule has 0 aromatic heterocycles. The molecule has 0 radical (unpaired) electrons. The number of hydrogen-bond acceptors (Lipinski definition) is 2. The molecule has 0 rings (SSSR count). The summed E-state index contributed by atoms with van der Waals surface area (Å²) in [7, 11) is 1.32. The van der Waals surface area contributed by atoms with Gasteiger partial charge in [0, 0.05) is 0 Å². The molecule has 0 heterocycles. The standard InChI is InChI=1S/C3H4BrO2.Li/c1-6-3(5)2-4;/h2H,1H3;/q-1;+1. The van der Waals surface area contributed by atoms with E-state index < -0.39 is 0 Å². The first kappa shape index (κ1) is 10.4. The van der Waals surface area contributed by atoms with Crippen LogP contribution in [0, 0.1) is 5.33 Å². The second-order valence-corrected chi connectivity index (χ2v) is 1.09. The van der Waals surface area contributed by atoms with Gasteiger partial charge in [0.2, 0.25) is 0 Å². The molecule has 0 aromatic carbocycles. The van der Waals surface area contributed by atoms with E-state index in [1.165, 1.54) is 12.4 Å². The van der Waals surface area contributed by atoms with Crippen molar-refractivity contribution in [2.75, 3.05) is 7.11 Å². The Morgan fingerprint density at radius 1 is 1.86 bits per heavy atom. The summed E-state index contributed by atoms with van der Waals surface area (Å²) in [4.78, 5) is 9.86. The van der Waals surface area contributed by atoms with Gasteiger partial charge in [-0.2, -0.15) is 0 Å². The van der Waals surface area contributed by atoms with Crippen molar-refractivity contribution in [3.8, 4) is 0 Å². The summed E-state index contributed by atoms with van der Waals surface area (Å²) in [6.07, 6.45) is 0. The molecule has 2 nitrogen and oxygen atoms in total. The Hall–Kier alpha value is 0.417. The largest absolute Gasteiger partial charge is 1.00 e. The first-order valence-corrected chi connectivity index (χ1v) is 2.24. The van der Waals surface area contributed by atoms with Crippen LogP contribution in [-0.2, 0) is 9.53 Å². The van der Waals surface area contributed by atoms with Crippen molar-refractivity contribution in [2.45, 2.75) is 0 Å². The summed E-state index contributed by atoms with van der Waals surface area (Å²) in [5.41, 5.74) is 0. The maximum absolute atomic E-state index is 9.86. The van der Waals surface area contributed by atoms with Gasteiger partial charge in [-0.15, -0.1) is 0 Å². The number of hydrogen-bond donors (Lipinski definition) is 0. The van der Waals surface area contributed by atoms with Crippen molar-refractivity contribution in [3.05, 3.63) is 5.33 Å². The maximum Gasteiger partial charge on any atom is 1.00 e. The molecule has 0 aliphatic heterocycles. The summed E-state index contributed by atoms with van der Waals surface area (Å²) >= 11 is 2.78. The second-order valence-electron chi connectivity index (χ2n) is 0.632. The van der Waals surface area contributed by atoms with E-state index in [4.69, 9.17) is 0 Å². The molecular weight excluding hydrogens is 155 g/mol. The smallest absolute Gasteiger partial charge is 0.491 e. The molecule has 0 bridgehead atoms. The van der Waals surface area contributed by atoms with Crippen molar-refractivity contribution in [2.24, 2.45) is 0 Å². The van der Waals surface area contributed by atoms with Crippen LogP contribution in [0.4, 0.5) is 0 Å². The second kappa shape index (κ2) is 6.42. The van der Waals surface area contributed by atoms with Gasteiger partial charge in [-0.25, -0.2) is 5.33 Å². The quantitative estimate of drug-likeness (QED) is 0.245. The van der Waals surface area contributed by atoms with Gasteiger partial charge >= 0.3 is 18.9 Å². The van der Waals surface area contributed by atoms with Crippen LogP contribution < -0.4 is 18.9 Å². The average Bonchev–Trinajstić information content (AvgIpc) is 1.65. The molecule has 0 aliphatic rings. The molecule has 0 N–H and O–H groups in total. The number of halogens is 1. The van der Waals surface area contributed by atoms with Gasteiger partial charge in [-0.05, 0) is 0 Å². The topological polar surface area (TPSA) is 26.3 Å². The van der Waals surface area contributed by atoms with Crippen LogP contribution in [0.2, 0.25) is 0 Å². The number of esters is 1. The number of carbonyl (C=O) groups excluding carboxylic acids is 1. The van der Waals surface area contributed by atoms with Gasteiger partial charge in [0.1, 0.15) is 0 Å². The molecule has 0 unspecified atom stereocenters. The zero-order valence-electron chi connectivity index (χ0n) is 4.27. The molecule has 0 amide bonds. The van der Waals surface area contributed by atoms with Crippen LogP contribution in [0.15, 0.2) is 0 Å². The third kappa shape index (κ3) is 6.42. The fraction of sp³-hybridized carbons (Fsp3) is 0.333. The zero-order chi connectivity index (χ0) is 4.99. The Labute approximate surface area is 62.9 Å². The van der Waals surface area contributed by atoms with E-state index in [1.807, 2.05) is 0 Å². The van der Waals surface area contributed by atoms with Crippen molar-refractivity contribution in [3.63, 3.8) is 0 Å². The Morgan fingerprint density at radius 3 is 2.29 bits per heavy atom. The minimum Gasteiger partial charge on any atom is -0.491 e. The van der Waals surface area contributed by atoms with Gasteiger partial charge < -0.3 is 4.74 Å². The van der Waals surface area contributed by atoms with E-state index in [2.05, 4.69) is 20.7 Å². The Kier molecular flexibility index (Phi) is 9.54. The third-order valence-electron chi connectivity index (χ3n) is 0.290.